The van der Waals surface area contributed by atoms with Crippen LogP contribution in [0.4, 0.5) is 0 Å². The third kappa shape index (κ3) is 6.10. The first-order chi connectivity index (χ1) is 11.9. The van der Waals surface area contributed by atoms with Gasteiger partial charge >= 0.3 is 0 Å². The molecule has 0 fully saturated rings. The fourth-order valence-electron chi connectivity index (χ4n) is 2.35. The number of aryl methyl sites for hydroxylation is 1. The molecule has 0 saturated heterocycles. The topological polar surface area (TPSA) is 58.5 Å². The number of para-hydroxylation sites is 1. The molecule has 0 aliphatic rings. The molecule has 0 atom stereocenters. The van der Waals surface area contributed by atoms with Gasteiger partial charge in [-0.3, -0.25) is 9.98 Å². The van der Waals surface area contributed by atoms with Crippen LogP contribution < -0.4 is 15.4 Å². The lowest BCUT2D eigenvalue weighted by molar-refractivity contribution is 0.129. The zero-order valence-corrected chi connectivity index (χ0v) is 15.8. The normalized spacial score (nSPS) is 12.0. The number of pyridine rings is 1. The highest BCUT2D eigenvalue weighted by atomic mass is 16.5. The van der Waals surface area contributed by atoms with Crippen molar-refractivity contribution in [2.75, 3.05) is 7.05 Å². The maximum absolute atomic E-state index is 6.03. The standard InChI is InChI=1S/C20H28N4O/c1-15-9-8-12-22-17(15)14-24-19(21-5)23-13-16-10-6-7-11-18(16)25-20(2,3)4/h6-12H,13-14H2,1-5H3,(H2,21,23,24). The van der Waals surface area contributed by atoms with E-state index in [-0.39, 0.29) is 5.60 Å². The molecule has 2 aromatic rings. The summed E-state index contributed by atoms with van der Waals surface area (Å²) in [4.78, 5) is 8.67. The minimum absolute atomic E-state index is 0.230. The van der Waals surface area contributed by atoms with Crippen LogP contribution in [0.5, 0.6) is 5.75 Å². The van der Waals surface area contributed by atoms with Crippen molar-refractivity contribution in [1.82, 2.24) is 15.6 Å². The fraction of sp³-hybridized carbons (Fsp3) is 0.400. The van der Waals surface area contributed by atoms with Gasteiger partial charge in [0.05, 0.1) is 12.2 Å². The van der Waals surface area contributed by atoms with Crippen LogP contribution in [0.1, 0.15) is 37.6 Å². The monoisotopic (exact) mass is 340 g/mol. The van der Waals surface area contributed by atoms with Gasteiger partial charge in [-0.15, -0.1) is 0 Å². The average Bonchev–Trinajstić information content (AvgIpc) is 2.56. The summed E-state index contributed by atoms with van der Waals surface area (Å²) in [5, 5.41) is 6.63. The first-order valence-electron chi connectivity index (χ1n) is 8.51. The van der Waals surface area contributed by atoms with Gasteiger partial charge in [0.15, 0.2) is 5.96 Å². The molecule has 0 radical (unpaired) electrons. The Morgan fingerprint density at radius 1 is 1.08 bits per heavy atom. The molecule has 0 spiro atoms. The molecule has 134 valence electrons. The van der Waals surface area contributed by atoms with Crippen molar-refractivity contribution < 1.29 is 4.74 Å². The Labute approximate surface area is 150 Å². The highest BCUT2D eigenvalue weighted by Gasteiger charge is 2.14. The summed E-state index contributed by atoms with van der Waals surface area (Å²) in [6, 6.07) is 12.1. The lowest BCUT2D eigenvalue weighted by Crippen LogP contribution is -2.37. The van der Waals surface area contributed by atoms with Crippen LogP contribution in [0, 0.1) is 6.92 Å². The number of aliphatic imine (C=N–C) groups is 1. The number of nitrogens with zero attached hydrogens (tertiary/aromatic N) is 2. The minimum Gasteiger partial charge on any atom is -0.488 e. The van der Waals surface area contributed by atoms with Gasteiger partial charge in [-0.05, 0) is 45.4 Å². The number of rotatable bonds is 5. The van der Waals surface area contributed by atoms with E-state index in [0.29, 0.717) is 13.1 Å². The van der Waals surface area contributed by atoms with E-state index in [1.165, 1.54) is 0 Å². The first kappa shape index (κ1) is 18.8. The Kier molecular flexibility index (Phi) is 6.39. The Hall–Kier alpha value is -2.56. The Morgan fingerprint density at radius 2 is 1.80 bits per heavy atom. The van der Waals surface area contributed by atoms with Gasteiger partial charge in [-0.25, -0.2) is 0 Å². The molecule has 0 bridgehead atoms. The summed E-state index contributed by atoms with van der Waals surface area (Å²) in [7, 11) is 1.76. The number of nitrogens with one attached hydrogen (secondary N) is 2. The SMILES string of the molecule is CN=C(NCc1ccccc1OC(C)(C)C)NCc1ncccc1C. The third-order valence-corrected chi connectivity index (χ3v) is 3.60. The molecule has 0 aliphatic carbocycles. The lowest BCUT2D eigenvalue weighted by atomic mass is 10.1. The molecule has 25 heavy (non-hydrogen) atoms. The Morgan fingerprint density at radius 3 is 2.48 bits per heavy atom. The predicted octanol–water partition coefficient (Wildman–Crippen LogP) is 3.43. The second-order valence-electron chi connectivity index (χ2n) is 6.87. The lowest BCUT2D eigenvalue weighted by Gasteiger charge is -2.23. The van der Waals surface area contributed by atoms with E-state index in [9.17, 15) is 0 Å². The quantitative estimate of drug-likeness (QED) is 0.647. The van der Waals surface area contributed by atoms with Crippen molar-refractivity contribution in [3.8, 4) is 5.75 Å². The van der Waals surface area contributed by atoms with Crippen molar-refractivity contribution in [2.24, 2.45) is 4.99 Å². The maximum Gasteiger partial charge on any atom is 0.191 e. The highest BCUT2D eigenvalue weighted by molar-refractivity contribution is 5.79. The highest BCUT2D eigenvalue weighted by Crippen LogP contribution is 2.22. The van der Waals surface area contributed by atoms with Crippen LogP contribution in [0.2, 0.25) is 0 Å². The van der Waals surface area contributed by atoms with Crippen LogP contribution >= 0.6 is 0 Å². The molecular weight excluding hydrogens is 312 g/mol. The third-order valence-electron chi connectivity index (χ3n) is 3.60. The van der Waals surface area contributed by atoms with E-state index in [1.807, 2.05) is 45.0 Å². The van der Waals surface area contributed by atoms with E-state index in [4.69, 9.17) is 4.74 Å². The number of ether oxygens (including phenoxy) is 1. The van der Waals surface area contributed by atoms with Crippen molar-refractivity contribution >= 4 is 5.96 Å². The predicted molar refractivity (Wildman–Crippen MR) is 103 cm³/mol. The van der Waals surface area contributed by atoms with Gasteiger partial charge < -0.3 is 15.4 Å². The summed E-state index contributed by atoms with van der Waals surface area (Å²) < 4.78 is 6.03. The first-order valence-corrected chi connectivity index (χ1v) is 8.51. The van der Waals surface area contributed by atoms with E-state index in [2.05, 4.69) is 39.7 Å². The Balaban J connectivity index is 1.96. The van der Waals surface area contributed by atoms with E-state index in [0.717, 1.165) is 28.5 Å². The second-order valence-corrected chi connectivity index (χ2v) is 6.87. The van der Waals surface area contributed by atoms with Gasteiger partial charge in [-0.1, -0.05) is 24.3 Å². The zero-order chi connectivity index (χ0) is 18.3. The van der Waals surface area contributed by atoms with E-state index >= 15 is 0 Å². The number of aromatic nitrogens is 1. The second kappa shape index (κ2) is 8.51. The maximum atomic E-state index is 6.03. The molecule has 0 aliphatic heterocycles. The molecule has 0 amide bonds. The molecule has 5 heteroatoms. The zero-order valence-electron chi connectivity index (χ0n) is 15.8. The smallest absolute Gasteiger partial charge is 0.191 e. The van der Waals surface area contributed by atoms with Crippen molar-refractivity contribution in [1.29, 1.82) is 0 Å². The number of benzene rings is 1. The van der Waals surface area contributed by atoms with Gasteiger partial charge in [0, 0.05) is 25.4 Å². The summed E-state index contributed by atoms with van der Waals surface area (Å²) in [6.45, 7) is 9.46. The summed E-state index contributed by atoms with van der Waals surface area (Å²) in [5.74, 6) is 1.62. The number of hydrogen-bond acceptors (Lipinski definition) is 3. The summed E-state index contributed by atoms with van der Waals surface area (Å²) >= 11 is 0. The molecule has 0 unspecified atom stereocenters. The fourth-order valence-corrected chi connectivity index (χ4v) is 2.35. The van der Waals surface area contributed by atoms with Crippen molar-refractivity contribution in [3.05, 3.63) is 59.4 Å². The minimum atomic E-state index is -0.230. The van der Waals surface area contributed by atoms with Gasteiger partial charge in [-0.2, -0.15) is 0 Å². The Bertz CT molecular complexity index is 720. The van der Waals surface area contributed by atoms with E-state index in [1.54, 1.807) is 13.2 Å². The summed E-state index contributed by atoms with van der Waals surface area (Å²) in [6.07, 6.45) is 1.81. The molecule has 1 heterocycles. The number of hydrogen-bond donors (Lipinski definition) is 2. The van der Waals surface area contributed by atoms with Crippen LogP contribution in [0.15, 0.2) is 47.6 Å². The van der Waals surface area contributed by atoms with Crippen LogP contribution in [-0.2, 0) is 13.1 Å². The van der Waals surface area contributed by atoms with Gasteiger partial charge in [0.1, 0.15) is 11.4 Å². The molecule has 2 N–H and O–H groups in total. The van der Waals surface area contributed by atoms with Gasteiger partial charge in [0.25, 0.3) is 0 Å². The van der Waals surface area contributed by atoms with Gasteiger partial charge in [0.2, 0.25) is 0 Å². The molecular formula is C20H28N4O. The summed E-state index contributed by atoms with van der Waals surface area (Å²) in [5.41, 5.74) is 3.04. The van der Waals surface area contributed by atoms with Crippen LogP contribution in [-0.4, -0.2) is 23.6 Å². The molecule has 1 aromatic heterocycles. The number of guanidine groups is 1. The van der Waals surface area contributed by atoms with Crippen LogP contribution in [0.3, 0.4) is 0 Å². The largest absolute Gasteiger partial charge is 0.488 e. The van der Waals surface area contributed by atoms with Crippen LogP contribution in [0.25, 0.3) is 0 Å². The van der Waals surface area contributed by atoms with E-state index < -0.39 is 0 Å². The van der Waals surface area contributed by atoms with Crippen molar-refractivity contribution in [3.63, 3.8) is 0 Å². The molecule has 5 nitrogen and oxygen atoms in total. The molecule has 0 saturated carbocycles. The molecule has 2 rings (SSSR count). The molecule has 1 aromatic carbocycles. The van der Waals surface area contributed by atoms with Crippen molar-refractivity contribution in [2.45, 2.75) is 46.4 Å². The average molecular weight is 340 g/mol.